The molecule has 2 bridgehead atoms. The van der Waals surface area contributed by atoms with E-state index < -0.39 is 29.7 Å². The number of thioether (sulfide) groups is 1. The summed E-state index contributed by atoms with van der Waals surface area (Å²) in [7, 11) is 0. The standard InChI is InChI=1S/C30H34BrFN6O5S/c1-12-10-16(13(2)21(19(12)31)35-28(39)43-30(4,5)6)22-20(32)23-18-25(36-27(34-23)44-7)37-11-15-8-9-17(38(15)29(40)41)24(37)14(3)42-26(18)33-22/h10,14-15,17,24H,8-9,11H2,1-7H3,(H,35,39)(H,40,41). The number of hydrogen-bond donors (Lipinski definition) is 2. The second kappa shape index (κ2) is 10.9. The number of aryl methyl sites for hydroxylation is 1. The molecule has 3 aliphatic rings. The van der Waals surface area contributed by atoms with E-state index in [0.717, 1.165) is 12.0 Å². The molecule has 3 aliphatic heterocycles. The lowest BCUT2D eigenvalue weighted by atomic mass is 9.98. The van der Waals surface area contributed by atoms with Crippen LogP contribution in [0.15, 0.2) is 15.7 Å². The lowest BCUT2D eigenvalue weighted by Crippen LogP contribution is -2.64. The van der Waals surface area contributed by atoms with Crippen molar-refractivity contribution in [2.24, 2.45) is 0 Å². The van der Waals surface area contributed by atoms with Gasteiger partial charge in [0.1, 0.15) is 34.1 Å². The third kappa shape index (κ3) is 4.99. The number of carbonyl (C=O) groups excluding carboxylic acids is 1. The lowest BCUT2D eigenvalue weighted by molar-refractivity contribution is 0.0634. The molecule has 2 amide bonds. The van der Waals surface area contributed by atoms with Gasteiger partial charge in [0.05, 0.1) is 23.8 Å². The zero-order valence-corrected chi connectivity index (χ0v) is 27.9. The molecule has 1 aromatic carbocycles. The van der Waals surface area contributed by atoms with Crippen LogP contribution >= 0.6 is 27.7 Å². The number of pyridine rings is 1. The van der Waals surface area contributed by atoms with Gasteiger partial charge in [0.15, 0.2) is 11.0 Å². The van der Waals surface area contributed by atoms with Crippen molar-refractivity contribution in [2.75, 3.05) is 23.0 Å². The van der Waals surface area contributed by atoms with E-state index in [4.69, 9.17) is 19.4 Å². The highest BCUT2D eigenvalue weighted by molar-refractivity contribution is 9.10. The Bertz CT molecular complexity index is 1720. The van der Waals surface area contributed by atoms with Gasteiger partial charge in [-0.05, 0) is 93.8 Å². The Hall–Kier alpha value is -3.39. The second-order valence-corrected chi connectivity index (χ2v) is 14.0. The molecule has 234 valence electrons. The Morgan fingerprint density at radius 2 is 1.95 bits per heavy atom. The number of nitrogens with zero attached hydrogens (tertiary/aromatic N) is 5. The summed E-state index contributed by atoms with van der Waals surface area (Å²) in [6.07, 6.45) is 1.18. The maximum absolute atomic E-state index is 16.8. The van der Waals surface area contributed by atoms with Crippen molar-refractivity contribution < 1.29 is 28.6 Å². The maximum Gasteiger partial charge on any atom is 0.412 e. The molecule has 0 spiro atoms. The van der Waals surface area contributed by atoms with Gasteiger partial charge in [0.25, 0.3) is 0 Å². The van der Waals surface area contributed by atoms with E-state index in [1.807, 2.05) is 20.1 Å². The summed E-state index contributed by atoms with van der Waals surface area (Å²) >= 11 is 4.87. The molecule has 2 fully saturated rings. The molecular weight excluding hydrogens is 655 g/mol. The summed E-state index contributed by atoms with van der Waals surface area (Å²) < 4.78 is 29.4. The van der Waals surface area contributed by atoms with Crippen molar-refractivity contribution in [3.63, 3.8) is 0 Å². The molecule has 4 unspecified atom stereocenters. The summed E-state index contributed by atoms with van der Waals surface area (Å²) in [5.74, 6) is 0.0393. The predicted molar refractivity (Wildman–Crippen MR) is 169 cm³/mol. The number of halogens is 2. The van der Waals surface area contributed by atoms with Crippen LogP contribution in [0, 0.1) is 19.7 Å². The molecule has 0 saturated carbocycles. The first-order chi connectivity index (χ1) is 20.7. The first-order valence-electron chi connectivity index (χ1n) is 14.4. The fraction of sp³-hybridized carbons (Fsp3) is 0.500. The number of benzene rings is 1. The van der Waals surface area contributed by atoms with Crippen molar-refractivity contribution in [1.82, 2.24) is 19.9 Å². The highest BCUT2D eigenvalue weighted by Crippen LogP contribution is 2.47. The number of carbonyl (C=O) groups is 2. The second-order valence-electron chi connectivity index (χ2n) is 12.5. The minimum absolute atomic E-state index is 0.0188. The van der Waals surface area contributed by atoms with Crippen LogP contribution in [-0.4, -0.2) is 79.8 Å². The number of hydrogen-bond acceptors (Lipinski definition) is 9. The Morgan fingerprint density at radius 1 is 1.23 bits per heavy atom. The number of nitrogens with one attached hydrogen (secondary N) is 1. The Balaban J connectivity index is 1.53. The largest absolute Gasteiger partial charge is 0.472 e. The fourth-order valence-electron chi connectivity index (χ4n) is 6.67. The molecule has 44 heavy (non-hydrogen) atoms. The number of carboxylic acid groups (broad SMARTS) is 1. The van der Waals surface area contributed by atoms with Crippen LogP contribution in [0.25, 0.3) is 22.2 Å². The summed E-state index contributed by atoms with van der Waals surface area (Å²) in [5, 5.41) is 13.6. The number of anilines is 2. The molecule has 4 atom stereocenters. The van der Waals surface area contributed by atoms with E-state index in [0.29, 0.717) is 50.6 Å². The van der Waals surface area contributed by atoms with Gasteiger partial charge >= 0.3 is 12.2 Å². The molecule has 11 nitrogen and oxygen atoms in total. The van der Waals surface area contributed by atoms with Crippen LogP contribution in [0.3, 0.4) is 0 Å². The molecule has 2 N–H and O–H groups in total. The minimum Gasteiger partial charge on any atom is -0.472 e. The predicted octanol–water partition coefficient (Wildman–Crippen LogP) is 6.76. The molecule has 0 aliphatic carbocycles. The van der Waals surface area contributed by atoms with Gasteiger partial charge in [-0.25, -0.2) is 28.9 Å². The number of amides is 2. The zero-order valence-electron chi connectivity index (χ0n) is 25.5. The van der Waals surface area contributed by atoms with E-state index >= 15 is 4.39 Å². The smallest absolute Gasteiger partial charge is 0.412 e. The maximum atomic E-state index is 16.8. The van der Waals surface area contributed by atoms with Crippen molar-refractivity contribution in [2.45, 2.75) is 89.4 Å². The van der Waals surface area contributed by atoms with Gasteiger partial charge in [-0.1, -0.05) is 11.8 Å². The van der Waals surface area contributed by atoms with E-state index in [2.05, 4.69) is 31.1 Å². The molecule has 5 heterocycles. The highest BCUT2D eigenvalue weighted by Gasteiger charge is 2.53. The van der Waals surface area contributed by atoms with Crippen molar-refractivity contribution >= 4 is 62.3 Å². The normalized spacial score (nSPS) is 22.4. The van der Waals surface area contributed by atoms with Gasteiger partial charge in [0, 0.05) is 16.6 Å². The van der Waals surface area contributed by atoms with Crippen molar-refractivity contribution in [1.29, 1.82) is 0 Å². The van der Waals surface area contributed by atoms with Gasteiger partial charge in [-0.3, -0.25) is 10.2 Å². The van der Waals surface area contributed by atoms with Crippen LogP contribution in [0.1, 0.15) is 51.7 Å². The van der Waals surface area contributed by atoms with Gasteiger partial charge in [0.2, 0.25) is 5.88 Å². The number of rotatable bonds is 3. The van der Waals surface area contributed by atoms with Crippen molar-refractivity contribution in [3.8, 4) is 17.1 Å². The molecule has 14 heteroatoms. The molecular formula is C30H34BrFN6O5S. The summed E-state index contributed by atoms with van der Waals surface area (Å²) in [6.45, 7) is 11.2. The average molecular weight is 690 g/mol. The number of piperazine rings is 1. The summed E-state index contributed by atoms with van der Waals surface area (Å²) in [5.41, 5.74) is 1.58. The first kappa shape index (κ1) is 30.6. The van der Waals surface area contributed by atoms with E-state index in [9.17, 15) is 14.7 Å². The van der Waals surface area contributed by atoms with Gasteiger partial charge in [-0.2, -0.15) is 0 Å². The van der Waals surface area contributed by atoms with E-state index in [1.54, 1.807) is 33.8 Å². The van der Waals surface area contributed by atoms with Crippen LogP contribution in [0.2, 0.25) is 0 Å². The Labute approximate surface area is 267 Å². The van der Waals surface area contributed by atoms with Crippen LogP contribution < -0.4 is 15.0 Å². The third-order valence-electron chi connectivity index (χ3n) is 8.46. The van der Waals surface area contributed by atoms with Crippen LogP contribution in [0.4, 0.5) is 25.5 Å². The quantitative estimate of drug-likeness (QED) is 0.225. The van der Waals surface area contributed by atoms with Crippen LogP contribution in [0.5, 0.6) is 5.88 Å². The van der Waals surface area contributed by atoms with Crippen LogP contribution in [-0.2, 0) is 4.74 Å². The van der Waals surface area contributed by atoms with E-state index in [1.165, 1.54) is 16.7 Å². The number of aromatic nitrogens is 3. The minimum atomic E-state index is -0.952. The highest BCUT2D eigenvalue weighted by atomic mass is 79.9. The van der Waals surface area contributed by atoms with Gasteiger partial charge in [-0.15, -0.1) is 0 Å². The number of fused-ring (bicyclic) bond motifs is 5. The van der Waals surface area contributed by atoms with Gasteiger partial charge < -0.3 is 19.5 Å². The van der Waals surface area contributed by atoms with Crippen molar-refractivity contribution in [3.05, 3.63) is 27.5 Å². The molecule has 2 saturated heterocycles. The SMILES string of the molecule is CSc1nc2c3c(nc(-c4cc(C)c(Br)c(NC(=O)OC(C)(C)C)c4C)c(F)c3n1)OC(C)C1C3CCC(CN21)N3C(=O)O. The third-order valence-corrected chi connectivity index (χ3v) is 10.0. The fourth-order valence-corrected chi connectivity index (χ4v) is 7.54. The topological polar surface area (TPSA) is 130 Å². The molecule has 2 aromatic heterocycles. The average Bonchev–Trinajstić information content (AvgIpc) is 3.20. The first-order valence-corrected chi connectivity index (χ1v) is 16.4. The van der Waals surface area contributed by atoms with E-state index in [-0.39, 0.29) is 35.2 Å². The zero-order chi connectivity index (χ0) is 31.8. The monoisotopic (exact) mass is 688 g/mol. The summed E-state index contributed by atoms with van der Waals surface area (Å²) in [6, 6.07) is 0.945. The Kier molecular flexibility index (Phi) is 7.59. The Morgan fingerprint density at radius 3 is 2.61 bits per heavy atom. The number of ether oxygens (including phenoxy) is 2. The summed E-state index contributed by atoms with van der Waals surface area (Å²) in [4.78, 5) is 42.7. The molecule has 0 radical (unpaired) electrons. The lowest BCUT2D eigenvalue weighted by Gasteiger charge is -2.47. The molecule has 3 aromatic rings. The molecule has 6 rings (SSSR count).